The Morgan fingerprint density at radius 1 is 0.390 bits per heavy atom. The Morgan fingerprint density at radius 3 is 1.04 bits per heavy atom. The van der Waals surface area contributed by atoms with Gasteiger partial charge in [-0.15, -0.1) is 0 Å². The fourth-order valence-electron chi connectivity index (χ4n) is 10.0. The molecule has 0 radical (unpaired) electrons. The fraction of sp³-hybridized carbons (Fsp3) is 0.897. The van der Waals surface area contributed by atoms with Gasteiger partial charge in [0.2, 0.25) is 0 Å². The number of carboxylic acids is 1. The van der Waals surface area contributed by atoms with Crippen LogP contribution in [0.1, 0.15) is 335 Å². The Bertz CT molecular complexity index is 1310. The first-order valence-corrected chi connectivity index (χ1v) is 33.5. The van der Waals surface area contributed by atoms with Gasteiger partial charge in [-0.1, -0.05) is 301 Å². The smallest absolute Gasteiger partial charge is 0.306 e. The number of likely N-dealkylation sites (N-methyl/N-ethyl adjacent to an activating group) is 1. The predicted molar refractivity (Wildman–Crippen MR) is 325 cm³/mol. The van der Waals surface area contributed by atoms with Crippen LogP contribution in [0.25, 0.3) is 0 Å². The average Bonchev–Trinajstić information content (AvgIpc) is 3.40. The van der Waals surface area contributed by atoms with Crippen molar-refractivity contribution in [2.24, 2.45) is 0 Å². The second kappa shape index (κ2) is 59.9. The highest BCUT2D eigenvalue weighted by molar-refractivity contribution is 5.70. The molecule has 0 saturated carbocycles. The summed E-state index contributed by atoms with van der Waals surface area (Å²) < 4.78 is 22.8. The molecule has 2 atom stereocenters. The summed E-state index contributed by atoms with van der Waals surface area (Å²) in [6.07, 6.45) is 69.8. The molecule has 0 amide bonds. The lowest BCUT2D eigenvalue weighted by atomic mass is 10.0. The monoisotopic (exact) mass is 1090 g/mol. The zero-order valence-electron chi connectivity index (χ0n) is 51.9. The molecule has 0 saturated heterocycles. The molecule has 0 aliphatic carbocycles. The van der Waals surface area contributed by atoms with E-state index in [1.54, 1.807) is 0 Å². The van der Waals surface area contributed by atoms with Gasteiger partial charge in [-0.05, 0) is 44.9 Å². The molecule has 0 aromatic rings. The number of rotatable bonds is 63. The molecule has 9 nitrogen and oxygen atoms in total. The molecule has 0 fully saturated rings. The number of aliphatic carboxylic acids is 1. The van der Waals surface area contributed by atoms with E-state index >= 15 is 0 Å². The molecule has 2 unspecified atom stereocenters. The molecule has 0 bridgehead atoms. The zero-order valence-corrected chi connectivity index (χ0v) is 51.9. The lowest BCUT2D eigenvalue weighted by Gasteiger charge is -2.26. The van der Waals surface area contributed by atoms with Crippen LogP contribution in [-0.4, -0.2) is 82.3 Å². The molecule has 9 heteroatoms. The van der Waals surface area contributed by atoms with E-state index in [1.807, 2.05) is 21.1 Å². The molecule has 0 aliphatic heterocycles. The quantitative estimate of drug-likeness (QED) is 0.0195. The van der Waals surface area contributed by atoms with E-state index in [0.717, 1.165) is 51.4 Å². The number of quaternary nitrogens is 1. The largest absolute Gasteiger partial charge is 0.545 e. The molecule has 0 aliphatic rings. The van der Waals surface area contributed by atoms with Crippen LogP contribution in [0.3, 0.4) is 0 Å². The number of hydrogen-bond donors (Lipinski definition) is 0. The standard InChI is InChI=1S/C68H129NO8/c1-6-8-10-12-14-16-18-20-22-24-26-27-28-29-30-31-32-33-34-35-36-37-38-39-40-41-43-44-46-48-50-52-54-56-58-65(70)75-62-64(63-76-68(67(72)73)74-61-60-69(3,4)5)77-66(71)59-57-55-53-51-49-47-45-42-25-23-21-19-17-15-13-11-9-7-2/h17,19,23,25,64,68H,6-16,18,20-22,24,26-63H2,1-5H3/b19-17-,25-23-. The fourth-order valence-corrected chi connectivity index (χ4v) is 10.0. The number of esters is 2. The predicted octanol–water partition coefficient (Wildman–Crippen LogP) is 18.9. The van der Waals surface area contributed by atoms with Crippen molar-refractivity contribution in [2.45, 2.75) is 347 Å². The van der Waals surface area contributed by atoms with Crippen LogP contribution < -0.4 is 5.11 Å². The van der Waals surface area contributed by atoms with Gasteiger partial charge >= 0.3 is 11.9 Å². The Morgan fingerprint density at radius 2 is 0.701 bits per heavy atom. The van der Waals surface area contributed by atoms with Crippen LogP contribution >= 0.6 is 0 Å². The van der Waals surface area contributed by atoms with Gasteiger partial charge in [0.25, 0.3) is 0 Å². The highest BCUT2D eigenvalue weighted by Crippen LogP contribution is 2.19. The lowest BCUT2D eigenvalue weighted by Crippen LogP contribution is -2.44. The number of allylic oxidation sites excluding steroid dienone is 4. The van der Waals surface area contributed by atoms with Gasteiger partial charge in [-0.2, -0.15) is 0 Å². The SMILES string of the molecule is CCCCCC/C=C\C/C=C\CCCCCCCCCC(=O)OC(COC(=O)CCCCCCCCCCCCCCCCCCCCCCCCCCCCCCCCCCCC)COC(OCC[N+](C)(C)C)C(=O)[O-]. The Kier molecular flexibility index (Phi) is 58.1. The molecular weight excluding hydrogens is 959 g/mol. The van der Waals surface area contributed by atoms with Crippen molar-refractivity contribution in [1.82, 2.24) is 0 Å². The first-order valence-electron chi connectivity index (χ1n) is 33.5. The topological polar surface area (TPSA) is 111 Å². The zero-order chi connectivity index (χ0) is 56.2. The summed E-state index contributed by atoms with van der Waals surface area (Å²) in [4.78, 5) is 37.4. The third kappa shape index (κ3) is 61.2. The molecule has 0 spiro atoms. The minimum atomic E-state index is -1.62. The van der Waals surface area contributed by atoms with Crippen molar-refractivity contribution < 1.29 is 42.9 Å². The van der Waals surface area contributed by atoms with E-state index in [2.05, 4.69) is 38.2 Å². The first-order chi connectivity index (χ1) is 37.6. The van der Waals surface area contributed by atoms with Crippen molar-refractivity contribution in [1.29, 1.82) is 0 Å². The van der Waals surface area contributed by atoms with Gasteiger partial charge in [-0.25, -0.2) is 0 Å². The van der Waals surface area contributed by atoms with Gasteiger partial charge in [-0.3, -0.25) is 9.59 Å². The minimum Gasteiger partial charge on any atom is -0.545 e. The summed E-state index contributed by atoms with van der Waals surface area (Å²) in [7, 11) is 5.93. The summed E-state index contributed by atoms with van der Waals surface area (Å²) in [5.41, 5.74) is 0. The van der Waals surface area contributed by atoms with Crippen LogP contribution in [0.5, 0.6) is 0 Å². The van der Waals surface area contributed by atoms with Crippen LogP contribution in [-0.2, 0) is 33.3 Å². The Labute approximate surface area is 478 Å². The number of carboxylic acid groups (broad SMARTS) is 1. The first kappa shape index (κ1) is 74.8. The average molecular weight is 1090 g/mol. The van der Waals surface area contributed by atoms with E-state index in [1.165, 1.54) is 250 Å². The van der Waals surface area contributed by atoms with Gasteiger partial charge in [0.15, 0.2) is 12.4 Å². The molecule has 0 N–H and O–H groups in total. The third-order valence-electron chi connectivity index (χ3n) is 15.2. The van der Waals surface area contributed by atoms with Crippen LogP contribution in [0, 0.1) is 0 Å². The van der Waals surface area contributed by atoms with Gasteiger partial charge in [0.05, 0.1) is 40.3 Å². The highest BCUT2D eigenvalue weighted by Gasteiger charge is 2.22. The second-order valence-electron chi connectivity index (χ2n) is 24.1. The number of hydrogen-bond acceptors (Lipinski definition) is 8. The third-order valence-corrected chi connectivity index (χ3v) is 15.2. The molecule has 77 heavy (non-hydrogen) atoms. The molecule has 0 aromatic carbocycles. The van der Waals surface area contributed by atoms with Crippen LogP contribution in [0.15, 0.2) is 24.3 Å². The Balaban J connectivity index is 4.00. The number of carbonyl (C=O) groups is 3. The maximum absolute atomic E-state index is 12.9. The molecule has 0 rings (SSSR count). The molecule has 0 aromatic heterocycles. The van der Waals surface area contributed by atoms with E-state index in [4.69, 9.17) is 18.9 Å². The highest BCUT2D eigenvalue weighted by atomic mass is 16.7. The van der Waals surface area contributed by atoms with Gasteiger partial charge in [0, 0.05) is 12.8 Å². The van der Waals surface area contributed by atoms with Crippen LogP contribution in [0.4, 0.5) is 0 Å². The molecule has 454 valence electrons. The summed E-state index contributed by atoms with van der Waals surface area (Å²) in [6, 6.07) is 0. The van der Waals surface area contributed by atoms with Crippen LogP contribution in [0.2, 0.25) is 0 Å². The number of unbranched alkanes of at least 4 members (excludes halogenated alkanes) is 44. The number of nitrogens with zero attached hydrogens (tertiary/aromatic N) is 1. The molecular formula is C68H129NO8. The summed E-state index contributed by atoms with van der Waals surface area (Å²) in [5, 5.41) is 11.8. The van der Waals surface area contributed by atoms with Crippen molar-refractivity contribution in [3.63, 3.8) is 0 Å². The van der Waals surface area contributed by atoms with Crippen molar-refractivity contribution in [3.8, 4) is 0 Å². The maximum atomic E-state index is 12.9. The molecule has 0 heterocycles. The van der Waals surface area contributed by atoms with Gasteiger partial charge in [0.1, 0.15) is 13.2 Å². The second-order valence-corrected chi connectivity index (χ2v) is 24.1. The Hall–Kier alpha value is -2.23. The van der Waals surface area contributed by atoms with E-state index in [9.17, 15) is 19.5 Å². The van der Waals surface area contributed by atoms with Crippen molar-refractivity contribution >= 4 is 17.9 Å². The van der Waals surface area contributed by atoms with Crippen molar-refractivity contribution in [3.05, 3.63) is 24.3 Å². The normalized spacial score (nSPS) is 12.8. The van der Waals surface area contributed by atoms with E-state index < -0.39 is 24.3 Å². The van der Waals surface area contributed by atoms with Crippen molar-refractivity contribution in [2.75, 3.05) is 47.5 Å². The summed E-state index contributed by atoms with van der Waals surface area (Å²) >= 11 is 0. The summed E-state index contributed by atoms with van der Waals surface area (Å²) in [5.74, 6) is -2.27. The number of carbonyl (C=O) groups excluding carboxylic acids is 3. The lowest BCUT2D eigenvalue weighted by molar-refractivity contribution is -0.870. The van der Waals surface area contributed by atoms with E-state index in [-0.39, 0.29) is 32.2 Å². The minimum absolute atomic E-state index is 0.148. The van der Waals surface area contributed by atoms with Gasteiger partial charge < -0.3 is 33.3 Å². The van der Waals surface area contributed by atoms with E-state index in [0.29, 0.717) is 23.9 Å². The summed E-state index contributed by atoms with van der Waals surface area (Å²) in [6.45, 7) is 4.78. The number of ether oxygens (including phenoxy) is 4. The maximum Gasteiger partial charge on any atom is 0.306 e.